The van der Waals surface area contributed by atoms with Gasteiger partial charge in [0, 0.05) is 34.9 Å². The Bertz CT molecular complexity index is 1630. The lowest BCUT2D eigenvalue weighted by Gasteiger charge is -2.57. The van der Waals surface area contributed by atoms with Crippen LogP contribution in [0, 0.1) is 11.3 Å². The summed E-state index contributed by atoms with van der Waals surface area (Å²) in [5.74, 6) is 0.600. The third-order valence-corrected chi connectivity index (χ3v) is 11.5. The van der Waals surface area contributed by atoms with Crippen LogP contribution in [0.3, 0.4) is 0 Å². The number of rotatable bonds is 1. The van der Waals surface area contributed by atoms with Gasteiger partial charge in [-0.2, -0.15) is 0 Å². The molecule has 1 spiro atoms. The van der Waals surface area contributed by atoms with Crippen LogP contribution in [0.5, 0.6) is 5.75 Å². The van der Waals surface area contributed by atoms with Gasteiger partial charge in [0.05, 0.1) is 28.7 Å². The van der Waals surface area contributed by atoms with Crippen LogP contribution < -0.4 is 0 Å². The number of carbonyl (C=O) groups is 1. The van der Waals surface area contributed by atoms with E-state index in [0.717, 1.165) is 111 Å². The predicted molar refractivity (Wildman–Crippen MR) is 170 cm³/mol. The molecule has 3 N–H and O–H groups in total. The lowest BCUT2D eigenvalue weighted by molar-refractivity contribution is -0.139. The van der Waals surface area contributed by atoms with E-state index in [1.54, 1.807) is 12.1 Å². The minimum absolute atomic E-state index is 0.00615. The average molecular weight is 581 g/mol. The highest BCUT2D eigenvalue weighted by Crippen LogP contribution is 2.60. The van der Waals surface area contributed by atoms with Crippen LogP contribution >= 0.6 is 0 Å². The highest BCUT2D eigenvalue weighted by molar-refractivity contribution is 6.10. The number of nitrogens with one attached hydrogen (secondary N) is 1. The number of hydrogen-bond acceptors (Lipinski definition) is 6. The van der Waals surface area contributed by atoms with Crippen molar-refractivity contribution in [2.45, 2.75) is 88.3 Å². The number of piperidine rings is 1. The SMILES string of the molecule is O=C1[C@@H]2CCCCCCN2[C@H]2[C@@]3(O)C=C(c4nccc5c4[nH]c4ccc(O)cc45)C4CCN(CCCC/C=C\CC3)C[C@@]142. The molecule has 5 aliphatic rings. The molecular formula is C36H44N4O3. The number of phenolic OH excluding ortho intramolecular Hbond substituents is 1. The topological polar surface area (TPSA) is 92.7 Å². The molecule has 43 heavy (non-hydrogen) atoms. The van der Waals surface area contributed by atoms with Crippen LogP contribution in [-0.4, -0.2) is 79.6 Å². The standard InChI is InChI=1S/C36H44N4O3/c41-24-12-13-29-26(21-24)25-14-17-37-31(32(25)38-29)27-22-35(43)16-8-4-1-2-5-9-18-39-20-15-28(27)36(23-39)33(42)30-11-7-3-6-10-19-40(30)34(35)36/h1,4,12-14,17,21-22,28,30,34,38,41,43H,2-3,5-11,15-16,18-20,23H2/b4-1-/t28?,30-,34-,35-,36-/m0/s1. The first-order valence-corrected chi connectivity index (χ1v) is 16.7. The molecule has 226 valence electrons. The van der Waals surface area contributed by atoms with Crippen molar-refractivity contribution in [2.75, 3.05) is 26.2 Å². The number of benzene rings is 1. The normalized spacial score (nSPS) is 36.1. The van der Waals surface area contributed by atoms with Crippen molar-refractivity contribution in [3.05, 3.63) is 54.4 Å². The van der Waals surface area contributed by atoms with Crippen LogP contribution in [0.1, 0.15) is 76.3 Å². The molecule has 1 aromatic carbocycles. The van der Waals surface area contributed by atoms with Gasteiger partial charge in [-0.3, -0.25) is 14.7 Å². The fourth-order valence-electron chi connectivity index (χ4n) is 9.72. The van der Waals surface area contributed by atoms with Gasteiger partial charge in [-0.05, 0) is 107 Å². The number of fused-ring (bicyclic) bond motifs is 5. The van der Waals surface area contributed by atoms with Crippen LogP contribution in [0.4, 0.5) is 0 Å². The van der Waals surface area contributed by atoms with E-state index in [-0.39, 0.29) is 23.8 Å². The molecule has 6 heterocycles. The fraction of sp³-hybridized carbons (Fsp3) is 0.556. The first kappa shape index (κ1) is 27.5. The molecule has 0 amide bonds. The summed E-state index contributed by atoms with van der Waals surface area (Å²) in [6.45, 7) is 3.57. The number of Topliss-reactive ketones (excluding diaryl/α,β-unsaturated/α-hetero) is 1. The zero-order valence-electron chi connectivity index (χ0n) is 25.1. The third kappa shape index (κ3) is 4.26. The highest BCUT2D eigenvalue weighted by Gasteiger charge is 2.70. The van der Waals surface area contributed by atoms with Gasteiger partial charge in [0.2, 0.25) is 0 Å². The molecule has 3 saturated heterocycles. The number of hydrogen-bond donors (Lipinski definition) is 3. The van der Waals surface area contributed by atoms with E-state index < -0.39 is 11.0 Å². The van der Waals surface area contributed by atoms with Gasteiger partial charge in [-0.15, -0.1) is 0 Å². The molecule has 0 saturated carbocycles. The first-order valence-electron chi connectivity index (χ1n) is 16.7. The number of aliphatic hydroxyl groups is 1. The maximum absolute atomic E-state index is 15.1. The number of ketones is 1. The lowest BCUT2D eigenvalue weighted by Crippen LogP contribution is -2.67. The van der Waals surface area contributed by atoms with Crippen LogP contribution in [0.2, 0.25) is 0 Å². The molecule has 4 aliphatic heterocycles. The molecule has 8 rings (SSSR count). The van der Waals surface area contributed by atoms with E-state index in [1.807, 2.05) is 18.3 Å². The summed E-state index contributed by atoms with van der Waals surface area (Å²) in [6.07, 6.45) is 19.6. The predicted octanol–water partition coefficient (Wildman–Crippen LogP) is 5.96. The number of aromatic hydroxyl groups is 1. The van der Waals surface area contributed by atoms with Gasteiger partial charge in [-0.1, -0.05) is 31.4 Å². The van der Waals surface area contributed by atoms with E-state index in [1.165, 1.54) is 12.8 Å². The molecule has 0 radical (unpaired) electrons. The molecule has 3 aromatic rings. The van der Waals surface area contributed by atoms with Gasteiger partial charge in [0.1, 0.15) is 11.4 Å². The summed E-state index contributed by atoms with van der Waals surface area (Å²) in [6, 6.07) is 7.08. The lowest BCUT2D eigenvalue weighted by atomic mass is 9.54. The summed E-state index contributed by atoms with van der Waals surface area (Å²) in [5.41, 5.74) is 1.92. The van der Waals surface area contributed by atoms with Gasteiger partial charge in [-0.25, -0.2) is 0 Å². The van der Waals surface area contributed by atoms with Crippen LogP contribution in [0.15, 0.2) is 48.7 Å². The fourth-order valence-corrected chi connectivity index (χ4v) is 9.72. The second kappa shape index (κ2) is 10.6. The van der Waals surface area contributed by atoms with Crippen molar-refractivity contribution in [3.63, 3.8) is 0 Å². The Kier molecular flexibility index (Phi) is 6.77. The van der Waals surface area contributed by atoms with Crippen molar-refractivity contribution >= 4 is 33.2 Å². The Morgan fingerprint density at radius 1 is 0.930 bits per heavy atom. The number of aromatic amines is 1. The summed E-state index contributed by atoms with van der Waals surface area (Å²) < 4.78 is 0. The van der Waals surface area contributed by atoms with E-state index in [4.69, 9.17) is 4.98 Å². The Labute approximate surface area is 253 Å². The zero-order valence-corrected chi connectivity index (χ0v) is 25.1. The second-order valence-corrected chi connectivity index (χ2v) is 13.9. The summed E-state index contributed by atoms with van der Waals surface area (Å²) in [5, 5.41) is 25.3. The third-order valence-electron chi connectivity index (χ3n) is 11.5. The summed E-state index contributed by atoms with van der Waals surface area (Å²) in [4.78, 5) is 28.8. The van der Waals surface area contributed by atoms with Crippen molar-refractivity contribution in [1.29, 1.82) is 0 Å². The number of carbonyl (C=O) groups excluding carboxylic acids is 1. The molecule has 7 nitrogen and oxygen atoms in total. The zero-order chi connectivity index (χ0) is 29.2. The minimum atomic E-state index is -1.15. The van der Waals surface area contributed by atoms with E-state index >= 15 is 4.79 Å². The quantitative estimate of drug-likeness (QED) is 0.308. The number of allylic oxidation sites excluding steroid dienone is 3. The van der Waals surface area contributed by atoms with E-state index in [9.17, 15) is 10.2 Å². The average Bonchev–Trinajstić information content (AvgIpc) is 3.46. The van der Waals surface area contributed by atoms with Crippen LogP contribution in [-0.2, 0) is 4.79 Å². The number of aromatic nitrogens is 2. The molecule has 2 unspecified atom stereocenters. The van der Waals surface area contributed by atoms with E-state index in [2.05, 4.69) is 33.0 Å². The molecular weight excluding hydrogens is 536 g/mol. The van der Waals surface area contributed by atoms with Gasteiger partial charge >= 0.3 is 0 Å². The van der Waals surface area contributed by atoms with Gasteiger partial charge < -0.3 is 20.1 Å². The van der Waals surface area contributed by atoms with Crippen molar-refractivity contribution in [1.82, 2.24) is 19.8 Å². The molecule has 1 aliphatic carbocycles. The smallest absolute Gasteiger partial charge is 0.159 e. The van der Waals surface area contributed by atoms with Crippen molar-refractivity contribution in [3.8, 4) is 5.75 Å². The summed E-state index contributed by atoms with van der Waals surface area (Å²) in [7, 11) is 0. The number of nitrogens with zero attached hydrogens (tertiary/aromatic N) is 3. The maximum atomic E-state index is 15.1. The Hall–Kier alpha value is -3.00. The maximum Gasteiger partial charge on any atom is 0.159 e. The molecule has 7 heteroatoms. The van der Waals surface area contributed by atoms with Gasteiger partial charge in [0.25, 0.3) is 0 Å². The molecule has 2 aromatic heterocycles. The van der Waals surface area contributed by atoms with Crippen molar-refractivity contribution < 1.29 is 15.0 Å². The highest BCUT2D eigenvalue weighted by atomic mass is 16.3. The van der Waals surface area contributed by atoms with Crippen LogP contribution in [0.25, 0.3) is 27.4 Å². The number of H-pyrrole nitrogens is 1. The van der Waals surface area contributed by atoms with Crippen molar-refractivity contribution in [2.24, 2.45) is 11.3 Å². The minimum Gasteiger partial charge on any atom is -0.508 e. The van der Waals surface area contributed by atoms with Gasteiger partial charge in [0.15, 0.2) is 5.78 Å². The Morgan fingerprint density at radius 2 is 1.79 bits per heavy atom. The number of pyridine rings is 1. The van der Waals surface area contributed by atoms with E-state index in [0.29, 0.717) is 12.2 Å². The Balaban J connectivity index is 1.36. The summed E-state index contributed by atoms with van der Waals surface area (Å²) >= 11 is 0. The molecule has 6 atom stereocenters. The molecule has 3 bridgehead atoms. The molecule has 3 fully saturated rings. The second-order valence-electron chi connectivity index (χ2n) is 13.9. The largest absolute Gasteiger partial charge is 0.508 e. The monoisotopic (exact) mass is 580 g/mol. The Morgan fingerprint density at radius 3 is 2.72 bits per heavy atom. The first-order chi connectivity index (χ1) is 21.0. The number of phenols is 1.